The number of carbonyl (C=O) groups is 3. The fourth-order valence-corrected chi connectivity index (χ4v) is 2.24. The van der Waals surface area contributed by atoms with Gasteiger partial charge in [0.15, 0.2) is 23.6 Å². The SMILES string of the molecule is CC(OC(=O)c1ccc(N)c([N+](=O)[O-])c1)C(=O)NCC(=O)Nc1ccc(F)c(F)c1F. The number of amides is 2. The van der Waals surface area contributed by atoms with Crippen LogP contribution < -0.4 is 16.4 Å². The van der Waals surface area contributed by atoms with Gasteiger partial charge < -0.3 is 21.1 Å². The van der Waals surface area contributed by atoms with Crippen molar-refractivity contribution in [3.05, 3.63) is 63.5 Å². The van der Waals surface area contributed by atoms with E-state index in [-0.39, 0.29) is 11.3 Å². The summed E-state index contributed by atoms with van der Waals surface area (Å²) in [5.74, 6) is -7.76. The molecule has 1 unspecified atom stereocenters. The zero-order valence-corrected chi connectivity index (χ0v) is 15.8. The summed E-state index contributed by atoms with van der Waals surface area (Å²) < 4.78 is 44.4. The number of nitrogen functional groups attached to an aromatic ring is 1. The van der Waals surface area contributed by atoms with E-state index in [4.69, 9.17) is 10.5 Å². The first kappa shape index (κ1) is 23.1. The normalized spacial score (nSPS) is 11.4. The molecule has 0 saturated carbocycles. The highest BCUT2D eigenvalue weighted by molar-refractivity contribution is 5.96. The van der Waals surface area contributed by atoms with Crippen molar-refractivity contribution >= 4 is 34.8 Å². The Morgan fingerprint density at radius 3 is 2.48 bits per heavy atom. The molecule has 2 rings (SSSR count). The van der Waals surface area contributed by atoms with Gasteiger partial charge in [0.25, 0.3) is 11.6 Å². The van der Waals surface area contributed by atoms with Gasteiger partial charge >= 0.3 is 5.97 Å². The molecule has 2 aromatic rings. The number of nitro groups is 1. The fraction of sp³-hybridized carbons (Fsp3) is 0.167. The first-order valence-electron chi connectivity index (χ1n) is 8.47. The molecule has 31 heavy (non-hydrogen) atoms. The number of halogens is 3. The predicted molar refractivity (Wildman–Crippen MR) is 100 cm³/mol. The van der Waals surface area contributed by atoms with Crippen molar-refractivity contribution in [2.75, 3.05) is 17.6 Å². The molecule has 0 aliphatic heterocycles. The Hall–Kier alpha value is -4.16. The lowest BCUT2D eigenvalue weighted by Gasteiger charge is -2.14. The Morgan fingerprint density at radius 2 is 1.84 bits per heavy atom. The van der Waals surface area contributed by atoms with Crippen molar-refractivity contribution in [3.8, 4) is 0 Å². The van der Waals surface area contributed by atoms with E-state index in [9.17, 15) is 37.7 Å². The van der Waals surface area contributed by atoms with Gasteiger partial charge in [-0.05, 0) is 31.2 Å². The maximum atomic E-state index is 13.5. The fourth-order valence-electron chi connectivity index (χ4n) is 2.24. The lowest BCUT2D eigenvalue weighted by molar-refractivity contribution is -0.383. The number of nitrogens with zero attached hydrogens (tertiary/aromatic N) is 1. The van der Waals surface area contributed by atoms with Crippen LogP contribution in [0.4, 0.5) is 30.2 Å². The van der Waals surface area contributed by atoms with Gasteiger partial charge in [-0.3, -0.25) is 19.7 Å². The summed E-state index contributed by atoms with van der Waals surface area (Å²) in [4.78, 5) is 45.9. The monoisotopic (exact) mass is 440 g/mol. The summed E-state index contributed by atoms with van der Waals surface area (Å²) in [6, 6.07) is 4.58. The summed E-state index contributed by atoms with van der Waals surface area (Å²) in [5, 5.41) is 14.9. The number of esters is 1. The van der Waals surface area contributed by atoms with Gasteiger partial charge in [0.05, 0.1) is 22.7 Å². The number of carbonyl (C=O) groups excluding carboxylic acids is 3. The molecule has 0 spiro atoms. The number of hydrogen-bond acceptors (Lipinski definition) is 7. The van der Waals surface area contributed by atoms with Crippen LogP contribution in [0.5, 0.6) is 0 Å². The van der Waals surface area contributed by atoms with Crippen molar-refractivity contribution in [3.63, 3.8) is 0 Å². The Bertz CT molecular complexity index is 1060. The standard InChI is InChI=1S/C18H15F3N4O6/c1-8(31-18(28)9-2-4-11(22)13(6-9)25(29)30)17(27)23-7-14(26)24-12-5-3-10(19)15(20)16(12)21/h2-6,8H,7,22H2,1H3,(H,23,27)(H,24,26). The predicted octanol–water partition coefficient (Wildman–Crippen LogP) is 1.89. The quantitative estimate of drug-likeness (QED) is 0.195. The molecule has 0 aliphatic rings. The topological polar surface area (TPSA) is 154 Å². The average Bonchev–Trinajstić information content (AvgIpc) is 2.72. The van der Waals surface area contributed by atoms with Crippen LogP contribution in [0.15, 0.2) is 30.3 Å². The Balaban J connectivity index is 1.92. The summed E-state index contributed by atoms with van der Waals surface area (Å²) >= 11 is 0. The molecule has 0 fully saturated rings. The lowest BCUT2D eigenvalue weighted by Crippen LogP contribution is -2.40. The zero-order chi connectivity index (χ0) is 23.3. The lowest BCUT2D eigenvalue weighted by atomic mass is 10.2. The Morgan fingerprint density at radius 1 is 1.16 bits per heavy atom. The first-order chi connectivity index (χ1) is 14.5. The van der Waals surface area contributed by atoms with Crippen LogP contribution in [-0.4, -0.2) is 35.4 Å². The molecular weight excluding hydrogens is 425 g/mol. The van der Waals surface area contributed by atoms with Crippen LogP contribution in [0, 0.1) is 27.6 Å². The molecule has 0 heterocycles. The minimum atomic E-state index is -1.77. The number of nitro benzene ring substituents is 1. The molecule has 0 bridgehead atoms. The van der Waals surface area contributed by atoms with Crippen LogP contribution in [0.2, 0.25) is 0 Å². The second kappa shape index (κ2) is 9.56. The maximum absolute atomic E-state index is 13.5. The Labute approximate surface area is 172 Å². The van der Waals surface area contributed by atoms with E-state index in [2.05, 4.69) is 5.32 Å². The van der Waals surface area contributed by atoms with Gasteiger partial charge in [-0.1, -0.05) is 0 Å². The van der Waals surface area contributed by atoms with Crippen molar-refractivity contribution < 1.29 is 37.2 Å². The van der Waals surface area contributed by atoms with E-state index >= 15 is 0 Å². The van der Waals surface area contributed by atoms with E-state index in [0.717, 1.165) is 18.2 Å². The summed E-state index contributed by atoms with van der Waals surface area (Å²) in [6.07, 6.45) is -1.41. The molecule has 0 aromatic heterocycles. The number of hydrogen-bond donors (Lipinski definition) is 3. The number of rotatable bonds is 7. The van der Waals surface area contributed by atoms with Crippen LogP contribution in [0.25, 0.3) is 0 Å². The Kier molecular flexibility index (Phi) is 7.13. The third kappa shape index (κ3) is 5.68. The second-order valence-corrected chi connectivity index (χ2v) is 6.07. The van der Waals surface area contributed by atoms with Gasteiger partial charge in [0.2, 0.25) is 5.91 Å². The van der Waals surface area contributed by atoms with Crippen LogP contribution in [0.3, 0.4) is 0 Å². The van der Waals surface area contributed by atoms with Crippen LogP contribution in [0.1, 0.15) is 17.3 Å². The highest BCUT2D eigenvalue weighted by atomic mass is 19.2. The van der Waals surface area contributed by atoms with Gasteiger partial charge in [-0.2, -0.15) is 0 Å². The van der Waals surface area contributed by atoms with Gasteiger partial charge in [-0.25, -0.2) is 18.0 Å². The minimum absolute atomic E-state index is 0.171. The molecule has 164 valence electrons. The molecule has 0 radical (unpaired) electrons. The van der Waals surface area contributed by atoms with E-state index < -0.39 is 64.2 Å². The number of nitrogens with one attached hydrogen (secondary N) is 2. The molecule has 2 amide bonds. The summed E-state index contributed by atoms with van der Waals surface area (Å²) in [5.41, 5.74) is 3.87. The summed E-state index contributed by atoms with van der Waals surface area (Å²) in [6.45, 7) is 0.471. The van der Waals surface area contributed by atoms with E-state index in [1.807, 2.05) is 5.32 Å². The number of benzene rings is 2. The highest BCUT2D eigenvalue weighted by Crippen LogP contribution is 2.23. The maximum Gasteiger partial charge on any atom is 0.339 e. The second-order valence-electron chi connectivity index (χ2n) is 6.07. The van der Waals surface area contributed by atoms with Crippen LogP contribution >= 0.6 is 0 Å². The molecule has 0 saturated heterocycles. The number of nitrogens with two attached hydrogens (primary N) is 1. The third-order valence-electron chi connectivity index (χ3n) is 3.85. The number of ether oxygens (including phenoxy) is 1. The molecule has 2 aromatic carbocycles. The molecule has 10 nitrogen and oxygen atoms in total. The third-order valence-corrected chi connectivity index (χ3v) is 3.85. The molecule has 1 atom stereocenters. The number of anilines is 2. The van der Waals surface area contributed by atoms with E-state index in [1.54, 1.807) is 0 Å². The molecule has 4 N–H and O–H groups in total. The minimum Gasteiger partial charge on any atom is -0.449 e. The smallest absolute Gasteiger partial charge is 0.339 e. The van der Waals surface area contributed by atoms with Crippen molar-refractivity contribution in [2.24, 2.45) is 0 Å². The highest BCUT2D eigenvalue weighted by Gasteiger charge is 2.22. The van der Waals surface area contributed by atoms with Crippen molar-refractivity contribution in [1.29, 1.82) is 0 Å². The average molecular weight is 440 g/mol. The molecule has 0 aliphatic carbocycles. The van der Waals surface area contributed by atoms with Crippen molar-refractivity contribution in [2.45, 2.75) is 13.0 Å². The van der Waals surface area contributed by atoms with E-state index in [0.29, 0.717) is 6.07 Å². The van der Waals surface area contributed by atoms with E-state index in [1.165, 1.54) is 13.0 Å². The molecular formula is C18H15F3N4O6. The first-order valence-corrected chi connectivity index (χ1v) is 8.47. The summed E-state index contributed by atoms with van der Waals surface area (Å²) in [7, 11) is 0. The molecule has 13 heteroatoms. The zero-order valence-electron chi connectivity index (χ0n) is 15.8. The van der Waals surface area contributed by atoms with Crippen LogP contribution in [-0.2, 0) is 14.3 Å². The van der Waals surface area contributed by atoms with Crippen molar-refractivity contribution in [1.82, 2.24) is 5.32 Å². The van der Waals surface area contributed by atoms with Gasteiger partial charge in [0.1, 0.15) is 5.69 Å². The van der Waals surface area contributed by atoms with Gasteiger partial charge in [0, 0.05) is 6.07 Å². The van der Waals surface area contributed by atoms with Gasteiger partial charge in [-0.15, -0.1) is 0 Å². The largest absolute Gasteiger partial charge is 0.449 e.